The van der Waals surface area contributed by atoms with Gasteiger partial charge in [0, 0.05) is 30.4 Å². The highest BCUT2D eigenvalue weighted by atomic mass is 19.1. The van der Waals surface area contributed by atoms with Gasteiger partial charge in [-0.1, -0.05) is 30.3 Å². The van der Waals surface area contributed by atoms with E-state index in [1.807, 2.05) is 35.2 Å². The first-order valence-electron chi connectivity index (χ1n) is 10.4. The van der Waals surface area contributed by atoms with Crippen molar-refractivity contribution in [2.45, 2.75) is 19.3 Å². The van der Waals surface area contributed by atoms with Gasteiger partial charge >= 0.3 is 5.69 Å². The number of carbonyl (C=O) groups excluding carboxylic acids is 1. The third-order valence-corrected chi connectivity index (χ3v) is 5.97. The zero-order valence-electron chi connectivity index (χ0n) is 16.8. The highest BCUT2D eigenvalue weighted by Crippen LogP contribution is 2.24. The smallest absolute Gasteiger partial charge is 0.348 e. The molecule has 1 amide bonds. The van der Waals surface area contributed by atoms with Crippen LogP contribution in [0.3, 0.4) is 0 Å². The molecular weight excluding hydrogens is 397 g/mol. The number of piperidine rings is 1. The number of hydrogen-bond acceptors (Lipinski definition) is 3. The Morgan fingerprint density at radius 3 is 2.61 bits per heavy atom. The molecule has 1 fully saturated rings. The number of rotatable bonds is 4. The zero-order valence-corrected chi connectivity index (χ0v) is 16.8. The van der Waals surface area contributed by atoms with Crippen LogP contribution < -0.4 is 5.69 Å². The Morgan fingerprint density at radius 1 is 1.10 bits per heavy atom. The highest BCUT2D eigenvalue weighted by molar-refractivity contribution is 5.98. The standard InChI is InChI=1S/C23H22FN5O2/c24-17-6-2-4-8-20(17)29-21(26-27-23(29)31)13-15-9-11-28(12-10-15)22(30)19-14-16-5-1-3-7-18(16)25-19/h1-8,14-15,25H,9-13H2,(H,27,31). The third kappa shape index (κ3) is 3.65. The summed E-state index contributed by atoms with van der Waals surface area (Å²) in [5.74, 6) is 0.298. The van der Waals surface area contributed by atoms with Gasteiger partial charge in [-0.25, -0.2) is 18.9 Å². The maximum atomic E-state index is 14.2. The Bertz CT molecular complexity index is 1260. The largest absolute Gasteiger partial charge is 0.351 e. The van der Waals surface area contributed by atoms with Crippen LogP contribution in [-0.2, 0) is 6.42 Å². The molecule has 5 rings (SSSR count). The first kappa shape index (κ1) is 19.3. The molecule has 0 radical (unpaired) electrons. The Labute approximate surface area is 177 Å². The number of H-pyrrole nitrogens is 2. The van der Waals surface area contributed by atoms with E-state index in [1.165, 1.54) is 10.6 Å². The van der Waals surface area contributed by atoms with Crippen molar-refractivity contribution >= 4 is 16.8 Å². The van der Waals surface area contributed by atoms with Crippen LogP contribution in [0.1, 0.15) is 29.2 Å². The number of carbonyl (C=O) groups is 1. The quantitative estimate of drug-likeness (QED) is 0.532. The second-order valence-electron chi connectivity index (χ2n) is 7.94. The number of likely N-dealkylation sites (tertiary alicyclic amines) is 1. The molecule has 1 saturated heterocycles. The second-order valence-corrected chi connectivity index (χ2v) is 7.94. The number of aromatic amines is 2. The molecule has 158 valence electrons. The van der Waals surface area contributed by atoms with Gasteiger partial charge in [0.25, 0.3) is 5.91 Å². The number of nitrogens with zero attached hydrogens (tertiary/aromatic N) is 3. The second kappa shape index (κ2) is 7.86. The molecule has 2 N–H and O–H groups in total. The SMILES string of the molecule is O=C(c1cc2ccccc2[nH]1)N1CCC(Cc2n[nH]c(=O)n2-c2ccccc2F)CC1. The van der Waals surface area contributed by atoms with E-state index < -0.39 is 11.5 Å². The lowest BCUT2D eigenvalue weighted by Gasteiger charge is -2.31. The summed E-state index contributed by atoms with van der Waals surface area (Å²) in [4.78, 5) is 30.2. The van der Waals surface area contributed by atoms with E-state index in [4.69, 9.17) is 0 Å². The van der Waals surface area contributed by atoms with Crippen molar-refractivity contribution in [1.29, 1.82) is 0 Å². The Kier molecular flexibility index (Phi) is 4.89. The van der Waals surface area contributed by atoms with Crippen LogP contribution in [0, 0.1) is 11.7 Å². The van der Waals surface area contributed by atoms with Crippen LogP contribution in [0.5, 0.6) is 0 Å². The van der Waals surface area contributed by atoms with Gasteiger partial charge in [-0.05, 0) is 43.0 Å². The molecule has 2 aromatic heterocycles. The van der Waals surface area contributed by atoms with Gasteiger partial charge in [0.05, 0.1) is 5.69 Å². The monoisotopic (exact) mass is 419 g/mol. The number of hydrogen-bond donors (Lipinski definition) is 2. The van der Waals surface area contributed by atoms with Crippen molar-refractivity contribution in [3.63, 3.8) is 0 Å². The predicted octanol–water partition coefficient (Wildman–Crippen LogP) is 3.28. The van der Waals surface area contributed by atoms with Crippen LogP contribution in [-0.4, -0.2) is 43.6 Å². The molecule has 8 heteroatoms. The molecule has 0 saturated carbocycles. The molecule has 4 aromatic rings. The number of amides is 1. The minimum Gasteiger partial charge on any atom is -0.351 e. The molecule has 0 atom stereocenters. The fourth-order valence-corrected chi connectivity index (χ4v) is 4.31. The lowest BCUT2D eigenvalue weighted by molar-refractivity contribution is 0.0684. The summed E-state index contributed by atoms with van der Waals surface area (Å²) in [5.41, 5.74) is 1.29. The Morgan fingerprint density at radius 2 is 1.84 bits per heavy atom. The normalized spacial score (nSPS) is 14.9. The van der Waals surface area contributed by atoms with Crippen LogP contribution in [0.25, 0.3) is 16.6 Å². The van der Waals surface area contributed by atoms with Crippen molar-refractivity contribution in [3.8, 4) is 5.69 Å². The fraction of sp³-hybridized carbons (Fsp3) is 0.261. The van der Waals surface area contributed by atoms with Gasteiger partial charge in [0.2, 0.25) is 0 Å². The van der Waals surface area contributed by atoms with E-state index in [0.29, 0.717) is 31.0 Å². The topological polar surface area (TPSA) is 86.8 Å². The zero-order chi connectivity index (χ0) is 21.4. The summed E-state index contributed by atoms with van der Waals surface area (Å²) >= 11 is 0. The average molecular weight is 419 g/mol. The van der Waals surface area contributed by atoms with Crippen molar-refractivity contribution in [2.24, 2.45) is 5.92 Å². The predicted molar refractivity (Wildman–Crippen MR) is 115 cm³/mol. The number of para-hydroxylation sites is 2. The van der Waals surface area contributed by atoms with Gasteiger partial charge < -0.3 is 9.88 Å². The van der Waals surface area contributed by atoms with E-state index in [-0.39, 0.29) is 17.5 Å². The molecule has 31 heavy (non-hydrogen) atoms. The van der Waals surface area contributed by atoms with Gasteiger partial charge in [-0.3, -0.25) is 4.79 Å². The molecule has 0 bridgehead atoms. The number of aromatic nitrogens is 4. The molecule has 0 aliphatic carbocycles. The van der Waals surface area contributed by atoms with Gasteiger partial charge in [0.15, 0.2) is 0 Å². The van der Waals surface area contributed by atoms with Crippen LogP contribution >= 0.6 is 0 Å². The molecular formula is C23H22FN5O2. The van der Waals surface area contributed by atoms with Crippen molar-refractivity contribution in [1.82, 2.24) is 24.6 Å². The lowest BCUT2D eigenvalue weighted by atomic mass is 9.93. The number of benzene rings is 2. The van der Waals surface area contributed by atoms with Gasteiger partial charge in [-0.15, -0.1) is 0 Å². The summed E-state index contributed by atoms with van der Waals surface area (Å²) in [7, 11) is 0. The van der Waals surface area contributed by atoms with Crippen LogP contribution in [0.15, 0.2) is 59.4 Å². The first-order valence-corrected chi connectivity index (χ1v) is 10.4. The average Bonchev–Trinajstić information content (AvgIpc) is 3.38. The number of fused-ring (bicyclic) bond motifs is 1. The number of halogens is 1. The molecule has 1 aliphatic heterocycles. The summed E-state index contributed by atoms with van der Waals surface area (Å²) in [6.45, 7) is 1.26. The minimum atomic E-state index is -0.467. The number of nitrogens with one attached hydrogen (secondary N) is 2. The molecule has 2 aromatic carbocycles. The van der Waals surface area contributed by atoms with Crippen LogP contribution in [0.4, 0.5) is 4.39 Å². The van der Waals surface area contributed by atoms with E-state index in [2.05, 4.69) is 15.2 Å². The maximum absolute atomic E-state index is 14.2. The van der Waals surface area contributed by atoms with E-state index in [9.17, 15) is 14.0 Å². The summed E-state index contributed by atoms with van der Waals surface area (Å²) < 4.78 is 15.5. The van der Waals surface area contributed by atoms with Crippen molar-refractivity contribution in [2.75, 3.05) is 13.1 Å². The third-order valence-electron chi connectivity index (χ3n) is 5.97. The molecule has 0 unspecified atom stereocenters. The Balaban J connectivity index is 1.27. The molecule has 7 nitrogen and oxygen atoms in total. The van der Waals surface area contributed by atoms with Crippen molar-refractivity contribution < 1.29 is 9.18 Å². The van der Waals surface area contributed by atoms with E-state index in [1.54, 1.807) is 18.2 Å². The summed E-state index contributed by atoms with van der Waals surface area (Å²) in [6.07, 6.45) is 2.13. The van der Waals surface area contributed by atoms with Crippen molar-refractivity contribution in [3.05, 3.63) is 82.4 Å². The lowest BCUT2D eigenvalue weighted by Crippen LogP contribution is -2.39. The van der Waals surface area contributed by atoms with Gasteiger partial charge in [0.1, 0.15) is 17.3 Å². The summed E-state index contributed by atoms with van der Waals surface area (Å²) in [6, 6.07) is 15.9. The molecule has 1 aliphatic rings. The van der Waals surface area contributed by atoms with E-state index >= 15 is 0 Å². The Hall–Kier alpha value is -3.68. The molecule has 0 spiro atoms. The first-order chi connectivity index (χ1) is 15.1. The fourth-order valence-electron chi connectivity index (χ4n) is 4.31. The van der Waals surface area contributed by atoms with Crippen LogP contribution in [0.2, 0.25) is 0 Å². The maximum Gasteiger partial charge on any atom is 0.348 e. The highest BCUT2D eigenvalue weighted by Gasteiger charge is 2.26. The minimum absolute atomic E-state index is 0.00214. The molecule has 3 heterocycles. The van der Waals surface area contributed by atoms with Gasteiger partial charge in [-0.2, -0.15) is 5.10 Å². The summed E-state index contributed by atoms with van der Waals surface area (Å²) in [5, 5.41) is 7.58. The van der Waals surface area contributed by atoms with E-state index in [0.717, 1.165) is 23.7 Å².